The van der Waals surface area contributed by atoms with Crippen LogP contribution in [0.2, 0.25) is 0 Å². The predicted octanol–water partition coefficient (Wildman–Crippen LogP) is 2.33. The minimum atomic E-state index is -0.145. The highest BCUT2D eigenvalue weighted by atomic mass is 15.3. The fourth-order valence-corrected chi connectivity index (χ4v) is 3.39. The third-order valence-electron chi connectivity index (χ3n) is 4.49. The molecule has 19 heavy (non-hydrogen) atoms. The molecule has 3 rings (SSSR count). The Morgan fingerprint density at radius 3 is 1.53 bits per heavy atom. The lowest BCUT2D eigenvalue weighted by Gasteiger charge is -2.41. The van der Waals surface area contributed by atoms with Crippen LogP contribution in [0.3, 0.4) is 0 Å². The molecule has 1 aromatic rings. The molecule has 0 aromatic heterocycles. The van der Waals surface area contributed by atoms with Crippen LogP contribution >= 0.6 is 0 Å². The van der Waals surface area contributed by atoms with Gasteiger partial charge in [-0.2, -0.15) is 0 Å². The van der Waals surface area contributed by atoms with E-state index in [-0.39, 0.29) is 11.7 Å². The van der Waals surface area contributed by atoms with Gasteiger partial charge < -0.3 is 11.5 Å². The highest BCUT2D eigenvalue weighted by molar-refractivity contribution is 5.01. The number of hydrogen-bond acceptors (Lipinski definition) is 3. The highest BCUT2D eigenvalue weighted by Crippen LogP contribution is 2.38. The Morgan fingerprint density at radius 1 is 0.737 bits per heavy atom. The van der Waals surface area contributed by atoms with E-state index >= 15 is 0 Å². The van der Waals surface area contributed by atoms with Gasteiger partial charge in [0.1, 0.15) is 0 Å². The molecule has 1 heterocycles. The first-order valence-corrected chi connectivity index (χ1v) is 7.52. The van der Waals surface area contributed by atoms with Crippen molar-refractivity contribution in [3.8, 4) is 0 Å². The Kier molecular flexibility index (Phi) is 5.37. The number of benzene rings is 1. The van der Waals surface area contributed by atoms with Crippen LogP contribution in [0.1, 0.15) is 38.5 Å². The fraction of sp³-hybridized carbons (Fsp3) is 0.625. The van der Waals surface area contributed by atoms with Crippen molar-refractivity contribution in [2.45, 2.75) is 50.2 Å². The maximum absolute atomic E-state index is 5.95. The summed E-state index contributed by atoms with van der Waals surface area (Å²) >= 11 is 0. The van der Waals surface area contributed by atoms with E-state index in [4.69, 9.17) is 11.5 Å². The molecule has 1 aromatic carbocycles. The summed E-state index contributed by atoms with van der Waals surface area (Å²) < 4.78 is 0. The summed E-state index contributed by atoms with van der Waals surface area (Å²) in [6.45, 7) is 2.43. The van der Waals surface area contributed by atoms with Crippen molar-refractivity contribution in [2.24, 2.45) is 11.5 Å². The Balaban J connectivity index is 0.000000186. The molecule has 1 aliphatic heterocycles. The Labute approximate surface area is 117 Å². The number of nitrogens with two attached hydrogens (primary N) is 2. The lowest BCUT2D eigenvalue weighted by Crippen LogP contribution is -2.61. The Hall–Kier alpha value is -0.900. The van der Waals surface area contributed by atoms with Gasteiger partial charge in [-0.1, -0.05) is 49.2 Å². The molecule has 0 spiro atoms. The van der Waals surface area contributed by atoms with Crippen molar-refractivity contribution >= 4 is 0 Å². The van der Waals surface area contributed by atoms with Crippen molar-refractivity contribution in [3.05, 3.63) is 36.4 Å². The van der Waals surface area contributed by atoms with Crippen molar-refractivity contribution in [1.82, 2.24) is 4.90 Å². The largest absolute Gasteiger partial charge is 0.315 e. The summed E-state index contributed by atoms with van der Waals surface area (Å²) in [4.78, 5) is 2.55. The van der Waals surface area contributed by atoms with Crippen molar-refractivity contribution in [3.63, 3.8) is 0 Å². The second-order valence-corrected chi connectivity index (χ2v) is 5.69. The standard InChI is InChI=1S/C10H21N3.C6H6/c11-9(12)10(5-1-2-6-10)13-7-3-4-8-13;1-2-4-6-5-3-1/h9H,1-8,11-12H2;1-6H. The summed E-state index contributed by atoms with van der Waals surface area (Å²) in [6, 6.07) is 12.0. The van der Waals surface area contributed by atoms with Crippen molar-refractivity contribution < 1.29 is 0 Å². The second kappa shape index (κ2) is 7.04. The van der Waals surface area contributed by atoms with Crippen LogP contribution in [0.25, 0.3) is 0 Å². The number of hydrogen-bond donors (Lipinski definition) is 2. The summed E-state index contributed by atoms with van der Waals surface area (Å²) in [5.74, 6) is 0. The normalized spacial score (nSPS) is 22.3. The Morgan fingerprint density at radius 2 is 1.16 bits per heavy atom. The molecule has 0 unspecified atom stereocenters. The summed E-state index contributed by atoms with van der Waals surface area (Å²) in [5.41, 5.74) is 12.1. The van der Waals surface area contributed by atoms with E-state index < -0.39 is 0 Å². The van der Waals surface area contributed by atoms with E-state index in [9.17, 15) is 0 Å². The lowest BCUT2D eigenvalue weighted by atomic mass is 9.92. The molecule has 4 N–H and O–H groups in total. The van der Waals surface area contributed by atoms with Gasteiger partial charge in [-0.15, -0.1) is 0 Å². The number of likely N-dealkylation sites (tertiary alicyclic amines) is 1. The summed E-state index contributed by atoms with van der Waals surface area (Å²) in [7, 11) is 0. The zero-order chi connectivity index (χ0) is 13.6. The Bertz CT molecular complexity index is 312. The van der Waals surface area contributed by atoms with Crippen molar-refractivity contribution in [2.75, 3.05) is 13.1 Å². The first kappa shape index (κ1) is 14.5. The van der Waals surface area contributed by atoms with Crippen LogP contribution in [0.4, 0.5) is 0 Å². The molecule has 3 nitrogen and oxygen atoms in total. The maximum Gasteiger partial charge on any atom is 0.0711 e. The molecule has 1 saturated heterocycles. The zero-order valence-electron chi connectivity index (χ0n) is 11.8. The third kappa shape index (κ3) is 3.56. The molecular weight excluding hydrogens is 234 g/mol. The van der Waals surface area contributed by atoms with Gasteiger partial charge in [-0.3, -0.25) is 4.90 Å². The van der Waals surface area contributed by atoms with Gasteiger partial charge in [0.25, 0.3) is 0 Å². The molecule has 0 bridgehead atoms. The molecule has 3 heteroatoms. The van der Waals surface area contributed by atoms with E-state index in [1.807, 2.05) is 36.4 Å². The van der Waals surface area contributed by atoms with E-state index in [0.717, 1.165) is 0 Å². The van der Waals surface area contributed by atoms with Gasteiger partial charge in [-0.25, -0.2) is 0 Å². The van der Waals surface area contributed by atoms with Gasteiger partial charge in [0.05, 0.1) is 6.17 Å². The van der Waals surface area contributed by atoms with E-state index in [2.05, 4.69) is 4.90 Å². The first-order chi connectivity index (χ1) is 9.26. The van der Waals surface area contributed by atoms with E-state index in [1.165, 1.54) is 51.6 Å². The average molecular weight is 261 g/mol. The fourth-order valence-electron chi connectivity index (χ4n) is 3.39. The van der Waals surface area contributed by atoms with Gasteiger partial charge in [0, 0.05) is 5.54 Å². The summed E-state index contributed by atoms with van der Waals surface area (Å²) in [5, 5.41) is 0. The molecule has 0 amide bonds. The molecule has 1 saturated carbocycles. The lowest BCUT2D eigenvalue weighted by molar-refractivity contribution is 0.0944. The van der Waals surface area contributed by atoms with Crippen LogP contribution < -0.4 is 11.5 Å². The minimum absolute atomic E-state index is 0.145. The monoisotopic (exact) mass is 261 g/mol. The molecule has 106 valence electrons. The SMILES string of the molecule is NC(N)C1(N2CCCC2)CCCC1.c1ccccc1. The number of rotatable bonds is 2. The molecule has 0 atom stereocenters. The summed E-state index contributed by atoms with van der Waals surface area (Å²) in [6.07, 6.45) is 7.55. The quantitative estimate of drug-likeness (QED) is 0.803. The zero-order valence-corrected chi connectivity index (χ0v) is 11.8. The van der Waals surface area contributed by atoms with Crippen LogP contribution in [0, 0.1) is 0 Å². The van der Waals surface area contributed by atoms with Gasteiger partial charge in [-0.05, 0) is 38.8 Å². The topological polar surface area (TPSA) is 55.3 Å². The van der Waals surface area contributed by atoms with Crippen LogP contribution in [0.15, 0.2) is 36.4 Å². The van der Waals surface area contributed by atoms with Gasteiger partial charge >= 0.3 is 0 Å². The van der Waals surface area contributed by atoms with Gasteiger partial charge in [0.15, 0.2) is 0 Å². The molecule has 0 radical (unpaired) electrons. The molecule has 2 aliphatic rings. The molecule has 2 fully saturated rings. The third-order valence-corrected chi connectivity index (χ3v) is 4.49. The number of nitrogens with zero attached hydrogens (tertiary/aromatic N) is 1. The van der Waals surface area contributed by atoms with Gasteiger partial charge in [0.2, 0.25) is 0 Å². The van der Waals surface area contributed by atoms with Crippen LogP contribution in [-0.4, -0.2) is 29.7 Å². The highest BCUT2D eigenvalue weighted by Gasteiger charge is 2.43. The maximum atomic E-state index is 5.95. The smallest absolute Gasteiger partial charge is 0.0711 e. The first-order valence-electron chi connectivity index (χ1n) is 7.52. The van der Waals surface area contributed by atoms with Crippen LogP contribution in [-0.2, 0) is 0 Å². The molecule has 1 aliphatic carbocycles. The second-order valence-electron chi connectivity index (χ2n) is 5.69. The van der Waals surface area contributed by atoms with E-state index in [1.54, 1.807) is 0 Å². The van der Waals surface area contributed by atoms with Crippen molar-refractivity contribution in [1.29, 1.82) is 0 Å². The van der Waals surface area contributed by atoms with E-state index in [0.29, 0.717) is 0 Å². The predicted molar refractivity (Wildman–Crippen MR) is 80.6 cm³/mol. The minimum Gasteiger partial charge on any atom is -0.315 e. The average Bonchev–Trinajstić information content (AvgIpc) is 3.13. The molecular formula is C16H27N3. The van der Waals surface area contributed by atoms with Crippen LogP contribution in [0.5, 0.6) is 0 Å².